The molecule has 1 aromatic rings. The molecule has 1 fully saturated rings. The molecule has 0 spiro atoms. The first-order chi connectivity index (χ1) is 8.75. The van der Waals surface area contributed by atoms with Gasteiger partial charge in [-0.05, 0) is 31.0 Å². The number of halogens is 1. The Morgan fingerprint density at radius 2 is 1.94 bits per heavy atom. The molecule has 1 aliphatic rings. The summed E-state index contributed by atoms with van der Waals surface area (Å²) in [5, 5.41) is 0.738. The van der Waals surface area contributed by atoms with Crippen LogP contribution in [0.4, 0.5) is 0 Å². The van der Waals surface area contributed by atoms with E-state index in [1.165, 1.54) is 25.7 Å². The third-order valence-electron chi connectivity index (χ3n) is 3.49. The summed E-state index contributed by atoms with van der Waals surface area (Å²) in [7, 11) is 0. The van der Waals surface area contributed by atoms with Crippen LogP contribution in [0.3, 0.4) is 0 Å². The van der Waals surface area contributed by atoms with Crippen LogP contribution in [-0.4, -0.2) is 11.5 Å². The van der Waals surface area contributed by atoms with Crippen molar-refractivity contribution in [1.82, 2.24) is 0 Å². The Labute approximate surface area is 118 Å². The molecular formula is C15H19ClOS. The van der Waals surface area contributed by atoms with E-state index in [2.05, 4.69) is 0 Å². The molecule has 0 aromatic heterocycles. The molecule has 98 valence electrons. The standard InChI is InChI=1S/C15H19ClOS/c16-13-8-5-9-14(10-13)18-11-15(17)12-6-3-1-2-4-7-12/h5,8-10,12H,1-4,6-7,11H2. The first-order valence-electron chi connectivity index (χ1n) is 6.67. The fourth-order valence-corrected chi connectivity index (χ4v) is 3.62. The topological polar surface area (TPSA) is 17.1 Å². The Morgan fingerprint density at radius 1 is 1.22 bits per heavy atom. The van der Waals surface area contributed by atoms with Gasteiger partial charge in [-0.15, -0.1) is 11.8 Å². The van der Waals surface area contributed by atoms with E-state index in [1.807, 2.05) is 24.3 Å². The van der Waals surface area contributed by atoms with Crippen molar-refractivity contribution in [3.8, 4) is 0 Å². The minimum atomic E-state index is 0.305. The summed E-state index contributed by atoms with van der Waals surface area (Å²) in [5.74, 6) is 1.31. The number of ketones is 1. The van der Waals surface area contributed by atoms with Gasteiger partial charge in [0.05, 0.1) is 5.75 Å². The van der Waals surface area contributed by atoms with Crippen molar-refractivity contribution in [2.75, 3.05) is 5.75 Å². The third-order valence-corrected chi connectivity index (χ3v) is 4.74. The largest absolute Gasteiger partial charge is 0.298 e. The highest BCUT2D eigenvalue weighted by Crippen LogP contribution is 2.27. The SMILES string of the molecule is O=C(CSc1cccc(Cl)c1)C1CCCCCC1. The monoisotopic (exact) mass is 282 g/mol. The van der Waals surface area contributed by atoms with Crippen molar-refractivity contribution in [3.63, 3.8) is 0 Å². The molecule has 1 aromatic carbocycles. The Morgan fingerprint density at radius 3 is 2.61 bits per heavy atom. The second-order valence-corrected chi connectivity index (χ2v) is 6.39. The zero-order chi connectivity index (χ0) is 12.8. The number of thioether (sulfide) groups is 1. The number of carbonyl (C=O) groups is 1. The van der Waals surface area contributed by atoms with Crippen LogP contribution in [-0.2, 0) is 4.79 Å². The second-order valence-electron chi connectivity index (χ2n) is 4.90. The lowest BCUT2D eigenvalue weighted by Crippen LogP contribution is -2.15. The first-order valence-corrected chi connectivity index (χ1v) is 8.03. The smallest absolute Gasteiger partial charge is 0.146 e. The lowest BCUT2D eigenvalue weighted by molar-refractivity contribution is -0.120. The fourth-order valence-electron chi connectivity index (χ4n) is 2.43. The molecule has 0 heterocycles. The van der Waals surface area contributed by atoms with E-state index in [0.29, 0.717) is 17.5 Å². The highest BCUT2D eigenvalue weighted by atomic mass is 35.5. The Bertz CT molecular complexity index is 397. The zero-order valence-electron chi connectivity index (χ0n) is 10.5. The van der Waals surface area contributed by atoms with E-state index in [0.717, 1.165) is 22.8 Å². The Balaban J connectivity index is 1.83. The third kappa shape index (κ3) is 4.33. The quantitative estimate of drug-likeness (QED) is 0.573. The zero-order valence-corrected chi connectivity index (χ0v) is 12.1. The van der Waals surface area contributed by atoms with E-state index in [4.69, 9.17) is 11.6 Å². The van der Waals surface area contributed by atoms with Crippen LogP contribution in [0.5, 0.6) is 0 Å². The van der Waals surface area contributed by atoms with Crippen LogP contribution in [0.15, 0.2) is 29.2 Å². The number of hydrogen-bond acceptors (Lipinski definition) is 2. The highest BCUT2D eigenvalue weighted by molar-refractivity contribution is 8.00. The fraction of sp³-hybridized carbons (Fsp3) is 0.533. The molecule has 0 saturated heterocycles. The summed E-state index contributed by atoms with van der Waals surface area (Å²) in [4.78, 5) is 13.2. The van der Waals surface area contributed by atoms with Gasteiger partial charge in [0.15, 0.2) is 0 Å². The number of hydrogen-bond donors (Lipinski definition) is 0. The maximum absolute atomic E-state index is 12.2. The molecule has 0 bridgehead atoms. The minimum Gasteiger partial charge on any atom is -0.298 e. The van der Waals surface area contributed by atoms with Crippen LogP contribution >= 0.6 is 23.4 Å². The lowest BCUT2D eigenvalue weighted by Gasteiger charge is -2.12. The number of rotatable bonds is 4. The van der Waals surface area contributed by atoms with E-state index in [-0.39, 0.29) is 0 Å². The molecule has 0 unspecified atom stereocenters. The summed E-state index contributed by atoms with van der Waals surface area (Å²) in [6.45, 7) is 0. The molecule has 0 atom stereocenters. The van der Waals surface area contributed by atoms with Gasteiger partial charge in [0.1, 0.15) is 5.78 Å². The number of Topliss-reactive ketones (excluding diaryl/α,β-unsaturated/α-hetero) is 1. The van der Waals surface area contributed by atoms with Gasteiger partial charge in [-0.1, -0.05) is 43.4 Å². The summed E-state index contributed by atoms with van der Waals surface area (Å²) in [5.41, 5.74) is 0. The average Bonchev–Trinajstić information content (AvgIpc) is 2.65. The van der Waals surface area contributed by atoms with Crippen molar-refractivity contribution in [1.29, 1.82) is 0 Å². The molecule has 1 nitrogen and oxygen atoms in total. The molecule has 18 heavy (non-hydrogen) atoms. The molecule has 0 amide bonds. The number of carbonyl (C=O) groups excluding carboxylic acids is 1. The van der Waals surface area contributed by atoms with E-state index >= 15 is 0 Å². The number of benzene rings is 1. The van der Waals surface area contributed by atoms with Crippen LogP contribution in [0.1, 0.15) is 38.5 Å². The van der Waals surface area contributed by atoms with Crippen molar-refractivity contribution < 1.29 is 4.79 Å². The average molecular weight is 283 g/mol. The van der Waals surface area contributed by atoms with Gasteiger partial charge in [0.25, 0.3) is 0 Å². The highest BCUT2D eigenvalue weighted by Gasteiger charge is 2.19. The van der Waals surface area contributed by atoms with Crippen molar-refractivity contribution >= 4 is 29.1 Å². The molecule has 3 heteroatoms. The van der Waals surface area contributed by atoms with E-state index in [1.54, 1.807) is 11.8 Å². The van der Waals surface area contributed by atoms with E-state index in [9.17, 15) is 4.79 Å². The van der Waals surface area contributed by atoms with Gasteiger partial charge >= 0.3 is 0 Å². The molecule has 1 saturated carbocycles. The lowest BCUT2D eigenvalue weighted by atomic mass is 9.96. The van der Waals surface area contributed by atoms with Crippen LogP contribution < -0.4 is 0 Å². The van der Waals surface area contributed by atoms with Gasteiger partial charge in [-0.25, -0.2) is 0 Å². The normalized spacial score (nSPS) is 17.4. The predicted molar refractivity (Wildman–Crippen MR) is 78.4 cm³/mol. The van der Waals surface area contributed by atoms with Crippen molar-refractivity contribution in [2.24, 2.45) is 5.92 Å². The van der Waals surface area contributed by atoms with Crippen LogP contribution in [0.25, 0.3) is 0 Å². The van der Waals surface area contributed by atoms with Gasteiger partial charge in [-0.2, -0.15) is 0 Å². The van der Waals surface area contributed by atoms with E-state index < -0.39 is 0 Å². The predicted octanol–water partition coefficient (Wildman–Crippen LogP) is 4.97. The Kier molecular flexibility index (Phi) is 5.58. The van der Waals surface area contributed by atoms with Gasteiger partial charge in [0.2, 0.25) is 0 Å². The minimum absolute atomic E-state index is 0.305. The Hall–Kier alpha value is -0.470. The van der Waals surface area contributed by atoms with Gasteiger partial charge in [0, 0.05) is 15.8 Å². The summed E-state index contributed by atoms with van der Waals surface area (Å²) >= 11 is 7.54. The first kappa shape index (κ1) is 14.0. The van der Waals surface area contributed by atoms with Gasteiger partial charge < -0.3 is 0 Å². The second kappa shape index (κ2) is 7.20. The van der Waals surface area contributed by atoms with Crippen molar-refractivity contribution in [2.45, 2.75) is 43.4 Å². The maximum atomic E-state index is 12.2. The molecule has 0 N–H and O–H groups in total. The molecule has 0 aliphatic heterocycles. The van der Waals surface area contributed by atoms with Gasteiger partial charge in [-0.3, -0.25) is 4.79 Å². The van der Waals surface area contributed by atoms with Crippen LogP contribution in [0.2, 0.25) is 5.02 Å². The maximum Gasteiger partial charge on any atom is 0.146 e. The summed E-state index contributed by atoms with van der Waals surface area (Å²) in [6, 6.07) is 7.73. The summed E-state index contributed by atoms with van der Waals surface area (Å²) < 4.78 is 0. The molecule has 0 radical (unpaired) electrons. The van der Waals surface area contributed by atoms with Crippen molar-refractivity contribution in [3.05, 3.63) is 29.3 Å². The van der Waals surface area contributed by atoms with Crippen LogP contribution in [0, 0.1) is 5.92 Å². The summed E-state index contributed by atoms with van der Waals surface area (Å²) in [6.07, 6.45) is 7.22. The molecule has 1 aliphatic carbocycles. The molecular weight excluding hydrogens is 264 g/mol. The molecule has 2 rings (SSSR count).